The summed E-state index contributed by atoms with van der Waals surface area (Å²) in [6, 6.07) is 0. The van der Waals surface area contributed by atoms with Gasteiger partial charge in [-0.3, -0.25) is 4.79 Å². The van der Waals surface area contributed by atoms with Gasteiger partial charge in [0.1, 0.15) is 5.79 Å². The summed E-state index contributed by atoms with van der Waals surface area (Å²) in [5, 5.41) is 0. The van der Waals surface area contributed by atoms with E-state index in [1.165, 1.54) is 7.11 Å². The first-order valence-electron chi connectivity index (χ1n) is 4.13. The molecule has 0 aromatic heterocycles. The fourth-order valence-electron chi connectivity index (χ4n) is 0.875. The Balaban J connectivity index is 4.18. The molecule has 0 saturated heterocycles. The lowest BCUT2D eigenvalue weighted by Crippen LogP contribution is -2.62. The molecule has 0 saturated carbocycles. The van der Waals surface area contributed by atoms with E-state index in [0.29, 0.717) is 0 Å². The van der Waals surface area contributed by atoms with Gasteiger partial charge in [0.25, 0.3) is 7.48 Å². The Bertz CT molecular complexity index is 184. The molecule has 0 fully saturated rings. The molecular formula is C6H17BN4O3. The third kappa shape index (κ3) is 5.15. The van der Waals surface area contributed by atoms with E-state index in [0.717, 1.165) is 0 Å². The first kappa shape index (κ1) is 13.3. The second-order valence-corrected chi connectivity index (χ2v) is 3.01. The second kappa shape index (κ2) is 5.94. The molecule has 1 atom stereocenters. The molecule has 8 N–H and O–H groups in total. The fraction of sp³-hybridized carbons (Fsp3) is 0.833. The van der Waals surface area contributed by atoms with Gasteiger partial charge in [0, 0.05) is 12.2 Å². The first-order chi connectivity index (χ1) is 6.41. The van der Waals surface area contributed by atoms with Gasteiger partial charge in [0.2, 0.25) is 0 Å². The lowest BCUT2D eigenvalue weighted by molar-refractivity contribution is -0.141. The fourth-order valence-corrected chi connectivity index (χ4v) is 0.875. The average Bonchev–Trinajstić information content (AvgIpc) is 2.09. The van der Waals surface area contributed by atoms with Crippen molar-refractivity contribution in [3.05, 3.63) is 0 Å². The smallest absolute Gasteiger partial charge is 0.305 e. The monoisotopic (exact) mass is 204 g/mol. The van der Waals surface area contributed by atoms with Crippen LogP contribution in [0.3, 0.4) is 0 Å². The number of carbonyl (C=O) groups excluding carboxylic acids is 1. The molecule has 0 spiro atoms. The van der Waals surface area contributed by atoms with Crippen molar-refractivity contribution in [2.45, 2.75) is 18.0 Å². The van der Waals surface area contributed by atoms with Gasteiger partial charge in [0.05, 0.1) is 13.8 Å². The highest BCUT2D eigenvalue weighted by atomic mass is 16.5. The minimum atomic E-state index is -1.48. The molecule has 0 radical (unpaired) electrons. The van der Waals surface area contributed by atoms with E-state index >= 15 is 0 Å². The Kier molecular flexibility index (Phi) is 5.66. The lowest BCUT2D eigenvalue weighted by Gasteiger charge is -2.27. The molecule has 7 nitrogen and oxygen atoms in total. The zero-order valence-electron chi connectivity index (χ0n) is 8.23. The van der Waals surface area contributed by atoms with Crippen molar-refractivity contribution in [3.63, 3.8) is 0 Å². The van der Waals surface area contributed by atoms with Crippen molar-refractivity contribution in [1.29, 1.82) is 0 Å². The van der Waals surface area contributed by atoms with Crippen LogP contribution in [0.4, 0.5) is 0 Å². The van der Waals surface area contributed by atoms with E-state index < -0.39 is 17.6 Å². The van der Waals surface area contributed by atoms with E-state index in [-0.39, 0.29) is 20.6 Å². The zero-order valence-corrected chi connectivity index (χ0v) is 8.23. The lowest BCUT2D eigenvalue weighted by atomic mass is 9.73. The summed E-state index contributed by atoms with van der Waals surface area (Å²) in [6.07, 6.45) is 0. The maximum absolute atomic E-state index is 11.0. The summed E-state index contributed by atoms with van der Waals surface area (Å²) in [5.41, 5.74) is 21.5. The summed E-state index contributed by atoms with van der Waals surface area (Å²) in [5.74, 6) is -2.46. The van der Waals surface area contributed by atoms with E-state index in [4.69, 9.17) is 27.6 Å². The molecule has 8 heteroatoms. The average molecular weight is 204 g/mol. The molecule has 0 aliphatic carbocycles. The third-order valence-electron chi connectivity index (χ3n) is 1.78. The molecule has 0 aliphatic rings. The molecule has 0 unspecified atom stereocenters. The molecule has 0 aromatic carbocycles. The standard InChI is InChI=1S/C6H17BN4O3/c1-13-5(12)2-4(6(9,10)11)7-14-3-8/h4,7H,2-3,8-11H2,1H3/t4-/m0/s1. The molecule has 0 aliphatic heterocycles. The van der Waals surface area contributed by atoms with Crippen molar-refractivity contribution in [1.82, 2.24) is 0 Å². The number of esters is 1. The third-order valence-corrected chi connectivity index (χ3v) is 1.78. The Morgan fingerprint density at radius 2 is 2.07 bits per heavy atom. The van der Waals surface area contributed by atoms with Gasteiger partial charge in [0.15, 0.2) is 0 Å². The van der Waals surface area contributed by atoms with Crippen LogP contribution in [0.5, 0.6) is 0 Å². The summed E-state index contributed by atoms with van der Waals surface area (Å²) in [6.45, 7) is 0.0216. The SMILES string of the molecule is COC(=O)C[C@H](BOCN)C(N)(N)N. The zero-order chi connectivity index (χ0) is 11.2. The number of hydrogen-bond acceptors (Lipinski definition) is 7. The van der Waals surface area contributed by atoms with Crippen LogP contribution in [0.15, 0.2) is 0 Å². The van der Waals surface area contributed by atoms with Crippen LogP contribution >= 0.6 is 0 Å². The highest BCUT2D eigenvalue weighted by Crippen LogP contribution is 2.16. The van der Waals surface area contributed by atoms with Gasteiger partial charge in [-0.05, 0) is 0 Å². The number of nitrogens with two attached hydrogens (primary N) is 4. The molecule has 82 valence electrons. The largest absolute Gasteiger partial charge is 0.469 e. The molecule has 0 amide bonds. The van der Waals surface area contributed by atoms with Crippen LogP contribution in [-0.4, -0.2) is 33.1 Å². The topological polar surface area (TPSA) is 140 Å². The van der Waals surface area contributed by atoms with E-state index in [1.54, 1.807) is 0 Å². The van der Waals surface area contributed by atoms with Gasteiger partial charge in [-0.2, -0.15) is 0 Å². The summed E-state index contributed by atoms with van der Waals surface area (Å²) >= 11 is 0. The minimum absolute atomic E-state index is 0. The van der Waals surface area contributed by atoms with Gasteiger partial charge >= 0.3 is 5.97 Å². The molecule has 0 bridgehead atoms. The predicted octanol–water partition coefficient (Wildman–Crippen LogP) is -2.85. The molecule has 0 rings (SSSR count). The van der Waals surface area contributed by atoms with Crippen LogP contribution < -0.4 is 22.9 Å². The summed E-state index contributed by atoms with van der Waals surface area (Å²) in [7, 11) is 1.39. The molecule has 14 heavy (non-hydrogen) atoms. The molecule has 0 heterocycles. The summed E-state index contributed by atoms with van der Waals surface area (Å²) < 4.78 is 9.36. The summed E-state index contributed by atoms with van der Waals surface area (Å²) in [4.78, 5) is 11.0. The number of ether oxygens (including phenoxy) is 1. The number of carbonyl (C=O) groups is 1. The van der Waals surface area contributed by atoms with Crippen molar-refractivity contribution < 1.29 is 14.2 Å². The first-order valence-corrected chi connectivity index (χ1v) is 4.13. The number of hydrogen-bond donors (Lipinski definition) is 4. The van der Waals surface area contributed by atoms with Crippen LogP contribution in [-0.2, 0) is 14.2 Å². The van der Waals surface area contributed by atoms with E-state index in [1.807, 2.05) is 0 Å². The van der Waals surface area contributed by atoms with Crippen molar-refractivity contribution in [2.24, 2.45) is 22.9 Å². The Morgan fingerprint density at radius 3 is 2.43 bits per heavy atom. The van der Waals surface area contributed by atoms with Crippen LogP contribution in [0, 0.1) is 0 Å². The van der Waals surface area contributed by atoms with Gasteiger partial charge in [-0.1, -0.05) is 0 Å². The van der Waals surface area contributed by atoms with Crippen LogP contribution in [0.2, 0.25) is 5.82 Å². The Hall–Kier alpha value is -0.665. The van der Waals surface area contributed by atoms with Crippen LogP contribution in [0.1, 0.15) is 6.42 Å². The van der Waals surface area contributed by atoms with Crippen molar-refractivity contribution in [2.75, 3.05) is 13.8 Å². The van der Waals surface area contributed by atoms with Crippen LogP contribution in [0.25, 0.3) is 0 Å². The molecule has 0 aromatic rings. The normalized spacial score (nSPS) is 13.5. The molecular weight excluding hydrogens is 187 g/mol. The van der Waals surface area contributed by atoms with Gasteiger partial charge in [-0.15, -0.1) is 0 Å². The van der Waals surface area contributed by atoms with Gasteiger partial charge < -0.3 is 32.3 Å². The van der Waals surface area contributed by atoms with E-state index in [2.05, 4.69) is 4.74 Å². The Morgan fingerprint density at radius 1 is 1.50 bits per heavy atom. The highest BCUT2D eigenvalue weighted by molar-refractivity contribution is 6.30. The maximum Gasteiger partial charge on any atom is 0.305 e. The maximum atomic E-state index is 11.0. The highest BCUT2D eigenvalue weighted by Gasteiger charge is 2.30. The minimum Gasteiger partial charge on any atom is -0.469 e. The second-order valence-electron chi connectivity index (χ2n) is 3.01. The number of methoxy groups -OCH3 is 1. The Labute approximate surface area is 83.3 Å². The quantitative estimate of drug-likeness (QED) is 0.207. The number of rotatable bonds is 6. The van der Waals surface area contributed by atoms with E-state index in [9.17, 15) is 4.79 Å². The van der Waals surface area contributed by atoms with Gasteiger partial charge in [-0.25, -0.2) is 0 Å². The predicted molar refractivity (Wildman–Crippen MR) is 53.0 cm³/mol. The van der Waals surface area contributed by atoms with Crippen molar-refractivity contribution in [3.8, 4) is 0 Å². The van der Waals surface area contributed by atoms with Crippen molar-refractivity contribution >= 4 is 13.5 Å².